The van der Waals surface area contributed by atoms with Gasteiger partial charge in [-0.05, 0) is 93.0 Å². The van der Waals surface area contributed by atoms with Crippen LogP contribution in [0, 0.1) is 34.5 Å². The van der Waals surface area contributed by atoms with Gasteiger partial charge < -0.3 is 39.4 Å². The molecule has 9 nitrogen and oxygen atoms in total. The Morgan fingerprint density at radius 1 is 1.05 bits per heavy atom. The van der Waals surface area contributed by atoms with Crippen molar-refractivity contribution in [1.29, 1.82) is 0 Å². The van der Waals surface area contributed by atoms with Crippen molar-refractivity contribution in [1.82, 2.24) is 0 Å². The number of ether oxygens (including phenoxy) is 4. The van der Waals surface area contributed by atoms with Gasteiger partial charge in [-0.1, -0.05) is 13.8 Å². The number of cyclic esters (lactones) is 1. The van der Waals surface area contributed by atoms with Gasteiger partial charge in [0.25, 0.3) is 0 Å². The van der Waals surface area contributed by atoms with E-state index in [0.29, 0.717) is 25.4 Å². The van der Waals surface area contributed by atoms with Crippen molar-refractivity contribution in [2.24, 2.45) is 34.5 Å². The Bertz CT molecular complexity index is 1000. The van der Waals surface area contributed by atoms with Gasteiger partial charge in [0.05, 0.1) is 23.9 Å². The van der Waals surface area contributed by atoms with Crippen LogP contribution in [0.4, 0.5) is 0 Å². The number of esters is 1. The molecule has 0 radical (unpaired) electrons. The van der Waals surface area contributed by atoms with Crippen LogP contribution in [-0.2, 0) is 23.7 Å². The minimum absolute atomic E-state index is 0.00175. The molecular weight excluding hydrogens is 504 g/mol. The molecule has 2 aliphatic heterocycles. The average molecular weight is 551 g/mol. The van der Waals surface area contributed by atoms with Gasteiger partial charge in [0.1, 0.15) is 24.9 Å². The molecule has 9 heteroatoms. The molecule has 4 aliphatic carbocycles. The van der Waals surface area contributed by atoms with E-state index in [-0.39, 0.29) is 35.2 Å². The number of hydrogen-bond acceptors (Lipinski definition) is 9. The summed E-state index contributed by atoms with van der Waals surface area (Å²) in [6.07, 6.45) is 3.05. The molecule has 0 unspecified atom stereocenters. The van der Waals surface area contributed by atoms with E-state index >= 15 is 0 Å². The van der Waals surface area contributed by atoms with Crippen LogP contribution in [0.1, 0.15) is 72.1 Å². The number of aliphatic hydroxyl groups is 4. The van der Waals surface area contributed by atoms with Crippen molar-refractivity contribution < 1.29 is 44.2 Å². The third-order valence-corrected chi connectivity index (χ3v) is 12.3. The topological polar surface area (TPSA) is 135 Å². The van der Waals surface area contributed by atoms with Crippen LogP contribution in [0.5, 0.6) is 0 Å². The molecule has 2 heterocycles. The van der Waals surface area contributed by atoms with Crippen LogP contribution < -0.4 is 0 Å². The summed E-state index contributed by atoms with van der Waals surface area (Å²) in [5.74, 6) is 0.0523. The fourth-order valence-electron chi connectivity index (χ4n) is 10.2. The minimum Gasteiger partial charge on any atom is -0.458 e. The second kappa shape index (κ2) is 9.75. The number of hydrogen-bond donors (Lipinski definition) is 4. The summed E-state index contributed by atoms with van der Waals surface area (Å²) < 4.78 is 22.7. The molecule has 6 rings (SSSR count). The molecular formula is C30H46O9. The van der Waals surface area contributed by atoms with E-state index in [9.17, 15) is 25.2 Å². The first kappa shape index (κ1) is 28.1. The van der Waals surface area contributed by atoms with Crippen LogP contribution in [0.3, 0.4) is 0 Å². The van der Waals surface area contributed by atoms with E-state index in [0.717, 1.165) is 44.1 Å². The van der Waals surface area contributed by atoms with Gasteiger partial charge in [-0.3, -0.25) is 0 Å². The highest BCUT2D eigenvalue weighted by Crippen LogP contribution is 2.70. The van der Waals surface area contributed by atoms with Crippen LogP contribution in [0.25, 0.3) is 0 Å². The third-order valence-electron chi connectivity index (χ3n) is 12.3. The Labute approximate surface area is 230 Å². The number of carbonyl (C=O) groups excluding carboxylic acids is 1. The highest BCUT2D eigenvalue weighted by molar-refractivity contribution is 5.85. The molecule has 0 aromatic carbocycles. The predicted octanol–water partition coefficient (Wildman–Crippen LogP) is 2.08. The standard InChI is InChI=1S/C30H46O9/c1-15-24(33)26(36-4)25(34)27(38-15)39-18-7-9-28(2)17(12-18)5-6-20-23(28)21(31)13-29(3)19(8-10-30(20,29)35)16-11-22(32)37-14-16/h11,15,17-21,23-27,31,33-35H,5-10,12-14H2,1-4H3/t15-,17-,18-,19+,20-,21-,23-,24+,25-,26+,27-,28+,29-,30+/m1/s1. The van der Waals surface area contributed by atoms with E-state index in [1.165, 1.54) is 7.11 Å². The molecule has 5 fully saturated rings. The lowest BCUT2D eigenvalue weighted by molar-refractivity contribution is -0.314. The summed E-state index contributed by atoms with van der Waals surface area (Å²) in [4.78, 5) is 11.8. The molecule has 4 N–H and O–H groups in total. The fraction of sp³-hybridized carbons (Fsp3) is 0.900. The summed E-state index contributed by atoms with van der Waals surface area (Å²) in [6.45, 7) is 6.46. The van der Waals surface area contributed by atoms with Crippen molar-refractivity contribution in [2.75, 3.05) is 13.7 Å². The van der Waals surface area contributed by atoms with Gasteiger partial charge in [-0.2, -0.15) is 0 Å². The van der Waals surface area contributed by atoms with Crippen molar-refractivity contribution in [3.05, 3.63) is 11.6 Å². The summed E-state index contributed by atoms with van der Waals surface area (Å²) in [5, 5.41) is 45.2. The van der Waals surface area contributed by atoms with Crippen molar-refractivity contribution in [3.8, 4) is 0 Å². The first-order valence-corrected chi connectivity index (χ1v) is 14.9. The monoisotopic (exact) mass is 550 g/mol. The second-order valence-corrected chi connectivity index (χ2v) is 13.9. The predicted molar refractivity (Wildman–Crippen MR) is 139 cm³/mol. The lowest BCUT2D eigenvalue weighted by Gasteiger charge is -2.65. The maximum atomic E-state index is 12.4. The number of aliphatic hydroxyl groups excluding tert-OH is 3. The zero-order chi connectivity index (χ0) is 27.9. The van der Waals surface area contributed by atoms with Gasteiger partial charge in [-0.25, -0.2) is 4.79 Å². The maximum Gasteiger partial charge on any atom is 0.331 e. The van der Waals surface area contributed by atoms with Gasteiger partial charge in [-0.15, -0.1) is 0 Å². The van der Waals surface area contributed by atoms with Crippen LogP contribution in [-0.4, -0.2) is 88.6 Å². The lowest BCUT2D eigenvalue weighted by Crippen LogP contribution is -2.66. The molecule has 0 bridgehead atoms. The van der Waals surface area contributed by atoms with E-state index in [4.69, 9.17) is 18.9 Å². The van der Waals surface area contributed by atoms with Crippen LogP contribution >= 0.6 is 0 Å². The summed E-state index contributed by atoms with van der Waals surface area (Å²) in [6, 6.07) is 0. The van der Waals surface area contributed by atoms with E-state index in [1.807, 2.05) is 0 Å². The number of rotatable bonds is 4. The number of carbonyl (C=O) groups is 1. The molecule has 220 valence electrons. The van der Waals surface area contributed by atoms with Gasteiger partial charge in [0, 0.05) is 18.6 Å². The smallest absolute Gasteiger partial charge is 0.331 e. The zero-order valence-electron chi connectivity index (χ0n) is 23.6. The first-order chi connectivity index (χ1) is 18.4. The van der Waals surface area contributed by atoms with E-state index in [2.05, 4.69) is 13.8 Å². The van der Waals surface area contributed by atoms with Gasteiger partial charge in [0.15, 0.2) is 6.29 Å². The Hall–Kier alpha value is -1.07. The highest BCUT2D eigenvalue weighted by Gasteiger charge is 2.70. The molecule has 1 saturated heterocycles. The summed E-state index contributed by atoms with van der Waals surface area (Å²) in [7, 11) is 1.47. The first-order valence-electron chi connectivity index (χ1n) is 14.9. The van der Waals surface area contributed by atoms with Crippen molar-refractivity contribution in [2.45, 2.75) is 121 Å². The lowest BCUT2D eigenvalue weighted by atomic mass is 9.42. The van der Waals surface area contributed by atoms with Gasteiger partial charge >= 0.3 is 5.97 Å². The van der Waals surface area contributed by atoms with Crippen LogP contribution in [0.2, 0.25) is 0 Å². The maximum absolute atomic E-state index is 12.4. The average Bonchev–Trinajstić information content (AvgIpc) is 3.42. The molecule has 0 spiro atoms. The Kier molecular flexibility index (Phi) is 7.02. The largest absolute Gasteiger partial charge is 0.458 e. The van der Waals surface area contributed by atoms with Crippen molar-refractivity contribution in [3.63, 3.8) is 0 Å². The quantitative estimate of drug-likeness (QED) is 0.307. The normalized spacial score (nSPS) is 55.3. The number of fused-ring (bicyclic) bond motifs is 5. The Morgan fingerprint density at radius 3 is 2.51 bits per heavy atom. The highest BCUT2D eigenvalue weighted by atomic mass is 16.7. The molecule has 14 atom stereocenters. The second-order valence-electron chi connectivity index (χ2n) is 13.9. The zero-order valence-corrected chi connectivity index (χ0v) is 23.6. The molecule has 4 saturated carbocycles. The molecule has 0 aromatic heterocycles. The van der Waals surface area contributed by atoms with Crippen LogP contribution in [0.15, 0.2) is 11.6 Å². The molecule has 0 aromatic rings. The molecule has 0 amide bonds. The molecule has 6 aliphatic rings. The summed E-state index contributed by atoms with van der Waals surface area (Å²) >= 11 is 0. The van der Waals surface area contributed by atoms with Gasteiger partial charge in [0.2, 0.25) is 0 Å². The third kappa shape index (κ3) is 4.09. The fourth-order valence-corrected chi connectivity index (χ4v) is 10.2. The van der Waals surface area contributed by atoms with Crippen molar-refractivity contribution >= 4 is 5.97 Å². The van der Waals surface area contributed by atoms with E-state index in [1.54, 1.807) is 13.0 Å². The number of methoxy groups -OCH3 is 1. The SMILES string of the molecule is CO[C@H]1[C@@H](O)[C@@H](C)O[C@H](O[C@@H]2CC[C@@]3(C)[C@H](CC[C@@H]4[C@@H]3[C@H](O)C[C@]3(C)[C@H](C5=CC(=O)OC5)CC[C@]43O)C2)[C@@H]1O. The minimum atomic E-state index is -1.08. The van der Waals surface area contributed by atoms with E-state index < -0.39 is 47.8 Å². The Morgan fingerprint density at radius 2 is 1.82 bits per heavy atom. The molecule has 39 heavy (non-hydrogen) atoms. The Balaban J connectivity index is 1.18. The summed E-state index contributed by atoms with van der Waals surface area (Å²) in [5.41, 5.74) is -0.550.